The Morgan fingerprint density at radius 3 is 2.50 bits per heavy atom. The van der Waals surface area contributed by atoms with Gasteiger partial charge in [-0.1, -0.05) is 55.0 Å². The van der Waals surface area contributed by atoms with E-state index in [-0.39, 0.29) is 11.2 Å². The topological polar surface area (TPSA) is 17.1 Å². The van der Waals surface area contributed by atoms with Gasteiger partial charge >= 0.3 is 0 Å². The van der Waals surface area contributed by atoms with Gasteiger partial charge in [0, 0.05) is 5.41 Å². The number of carbonyl (C=O) groups is 1. The van der Waals surface area contributed by atoms with Crippen LogP contribution in [0, 0.1) is 10.8 Å². The van der Waals surface area contributed by atoms with Crippen molar-refractivity contribution in [3.63, 3.8) is 0 Å². The molecule has 2 atom stereocenters. The van der Waals surface area contributed by atoms with Crippen LogP contribution in [0.5, 0.6) is 0 Å². The minimum Gasteiger partial charge on any atom is -0.294 e. The zero-order valence-corrected chi connectivity index (χ0v) is 10.8. The molecule has 0 heterocycles. The van der Waals surface area contributed by atoms with Crippen LogP contribution in [0.1, 0.15) is 44.9 Å². The molecule has 0 aliphatic heterocycles. The molecule has 3 aliphatic carbocycles. The lowest BCUT2D eigenvalue weighted by Crippen LogP contribution is -2.27. The first-order valence-electron chi connectivity index (χ1n) is 6.17. The van der Waals surface area contributed by atoms with Crippen LogP contribution in [-0.2, 0) is 4.79 Å². The molecule has 0 radical (unpaired) electrons. The predicted octanol–water partition coefficient (Wildman–Crippen LogP) is 4.03. The maximum Gasteiger partial charge on any atom is 0.165 e. The fourth-order valence-electron chi connectivity index (χ4n) is 4.04. The fourth-order valence-corrected chi connectivity index (χ4v) is 5.35. The van der Waals surface area contributed by atoms with Crippen molar-refractivity contribution >= 4 is 29.0 Å². The van der Waals surface area contributed by atoms with Gasteiger partial charge in [-0.05, 0) is 25.3 Å². The largest absolute Gasteiger partial charge is 0.294 e. The number of alkyl halides is 2. The second-order valence-electron chi connectivity index (χ2n) is 5.45. The average molecular weight is 259 g/mol. The fraction of sp³-hybridized carbons (Fsp3) is 0.769. The second-order valence-corrected chi connectivity index (χ2v) is 6.77. The van der Waals surface area contributed by atoms with E-state index in [1.807, 2.05) is 6.08 Å². The minimum atomic E-state index is -0.815. The maximum absolute atomic E-state index is 12.2. The zero-order chi connectivity index (χ0) is 11.4. The highest BCUT2D eigenvalue weighted by Gasteiger charge is 2.87. The molecule has 16 heavy (non-hydrogen) atoms. The third kappa shape index (κ3) is 0.984. The summed E-state index contributed by atoms with van der Waals surface area (Å²) >= 11 is 13.0. The molecular formula is C13H16Cl2O. The number of rotatable bonds is 0. The van der Waals surface area contributed by atoms with Crippen LogP contribution in [0.3, 0.4) is 0 Å². The highest BCUT2D eigenvalue weighted by atomic mass is 35.5. The summed E-state index contributed by atoms with van der Waals surface area (Å²) < 4.78 is -0.815. The molecule has 0 saturated heterocycles. The smallest absolute Gasteiger partial charge is 0.165 e. The molecule has 0 aromatic carbocycles. The third-order valence-electron chi connectivity index (χ3n) is 4.95. The van der Waals surface area contributed by atoms with Crippen molar-refractivity contribution in [1.82, 2.24) is 0 Å². The summed E-state index contributed by atoms with van der Waals surface area (Å²) in [4.78, 5) is 12.2. The summed E-state index contributed by atoms with van der Waals surface area (Å²) in [6.45, 7) is 0. The van der Waals surface area contributed by atoms with Gasteiger partial charge in [-0.2, -0.15) is 0 Å². The lowest BCUT2D eigenvalue weighted by molar-refractivity contribution is -0.121. The van der Waals surface area contributed by atoms with Gasteiger partial charge in [0.25, 0.3) is 0 Å². The summed E-state index contributed by atoms with van der Waals surface area (Å²) in [5.41, 5.74) is -0.590. The Morgan fingerprint density at radius 1 is 1.06 bits per heavy atom. The second kappa shape index (κ2) is 3.26. The molecule has 88 valence electrons. The van der Waals surface area contributed by atoms with E-state index in [4.69, 9.17) is 23.2 Å². The summed E-state index contributed by atoms with van der Waals surface area (Å²) in [6, 6.07) is 0. The minimum absolute atomic E-state index is 0.143. The molecule has 2 fully saturated rings. The summed E-state index contributed by atoms with van der Waals surface area (Å²) in [5.74, 6) is 0.172. The van der Waals surface area contributed by atoms with Gasteiger partial charge in [0.2, 0.25) is 0 Å². The van der Waals surface area contributed by atoms with Gasteiger partial charge in [-0.3, -0.25) is 4.79 Å². The summed E-state index contributed by atoms with van der Waals surface area (Å²) in [6.07, 6.45) is 11.1. The van der Waals surface area contributed by atoms with Gasteiger partial charge in [0.15, 0.2) is 5.78 Å². The van der Waals surface area contributed by atoms with Crippen LogP contribution in [0.25, 0.3) is 0 Å². The highest BCUT2D eigenvalue weighted by molar-refractivity contribution is 6.54. The van der Waals surface area contributed by atoms with Gasteiger partial charge in [0.05, 0.1) is 5.41 Å². The van der Waals surface area contributed by atoms with E-state index >= 15 is 0 Å². The van der Waals surface area contributed by atoms with Crippen LogP contribution in [0.15, 0.2) is 12.2 Å². The summed E-state index contributed by atoms with van der Waals surface area (Å²) in [5, 5.41) is 0. The molecule has 3 heteroatoms. The van der Waals surface area contributed by atoms with Crippen molar-refractivity contribution in [1.29, 1.82) is 0 Å². The van der Waals surface area contributed by atoms with Gasteiger partial charge in [0.1, 0.15) is 4.33 Å². The molecule has 3 rings (SSSR count). The van der Waals surface area contributed by atoms with E-state index in [2.05, 4.69) is 0 Å². The van der Waals surface area contributed by atoms with Crippen LogP contribution in [-0.4, -0.2) is 10.1 Å². The Hall–Kier alpha value is -0.0100. The van der Waals surface area contributed by atoms with Crippen molar-refractivity contribution in [3.05, 3.63) is 12.2 Å². The number of halogens is 2. The van der Waals surface area contributed by atoms with Crippen molar-refractivity contribution in [2.24, 2.45) is 10.8 Å². The van der Waals surface area contributed by atoms with Crippen molar-refractivity contribution in [2.45, 2.75) is 49.3 Å². The Kier molecular flexibility index (Phi) is 2.26. The number of hydrogen-bond donors (Lipinski definition) is 0. The zero-order valence-electron chi connectivity index (χ0n) is 9.27. The van der Waals surface area contributed by atoms with Gasteiger partial charge in [-0.15, -0.1) is 0 Å². The van der Waals surface area contributed by atoms with Crippen LogP contribution >= 0.6 is 23.2 Å². The number of ketones is 1. The number of allylic oxidation sites excluding steroid dienone is 2. The van der Waals surface area contributed by atoms with E-state index in [1.54, 1.807) is 6.08 Å². The van der Waals surface area contributed by atoms with Gasteiger partial charge in [-0.25, -0.2) is 0 Å². The van der Waals surface area contributed by atoms with Crippen molar-refractivity contribution in [3.8, 4) is 0 Å². The molecule has 0 bridgehead atoms. The molecular weight excluding hydrogens is 243 g/mol. The van der Waals surface area contributed by atoms with Crippen LogP contribution < -0.4 is 0 Å². The molecule has 0 aromatic heterocycles. The van der Waals surface area contributed by atoms with E-state index in [0.717, 1.165) is 32.1 Å². The maximum atomic E-state index is 12.2. The SMILES string of the molecule is O=C1C=CC[C@@]23CCCCCC[C@@]12C3(Cl)Cl. The number of hydrogen-bond acceptors (Lipinski definition) is 1. The predicted molar refractivity (Wildman–Crippen MR) is 65.8 cm³/mol. The lowest BCUT2D eigenvalue weighted by Gasteiger charge is -2.26. The first kappa shape index (κ1) is 11.1. The Bertz CT molecular complexity index is 374. The first-order valence-corrected chi connectivity index (χ1v) is 6.93. The molecule has 0 N–H and O–H groups in total. The molecule has 0 aromatic rings. The molecule has 0 amide bonds. The summed E-state index contributed by atoms with van der Waals surface area (Å²) in [7, 11) is 0. The monoisotopic (exact) mass is 258 g/mol. The Labute approximate surface area is 106 Å². The average Bonchev–Trinajstić information content (AvgIpc) is 2.60. The third-order valence-corrected chi connectivity index (χ3v) is 6.32. The van der Waals surface area contributed by atoms with E-state index in [1.165, 1.54) is 12.8 Å². The molecule has 2 saturated carbocycles. The van der Waals surface area contributed by atoms with Crippen LogP contribution in [0.2, 0.25) is 0 Å². The molecule has 0 spiro atoms. The highest BCUT2D eigenvalue weighted by Crippen LogP contribution is 2.84. The van der Waals surface area contributed by atoms with Crippen molar-refractivity contribution < 1.29 is 4.79 Å². The molecule has 1 nitrogen and oxygen atoms in total. The Balaban J connectivity index is 2.07. The van der Waals surface area contributed by atoms with E-state index in [0.29, 0.717) is 0 Å². The normalized spacial score (nSPS) is 45.2. The first-order chi connectivity index (χ1) is 7.58. The van der Waals surface area contributed by atoms with Crippen molar-refractivity contribution in [2.75, 3.05) is 0 Å². The number of carbonyl (C=O) groups excluding carboxylic acids is 1. The van der Waals surface area contributed by atoms with Crippen LogP contribution in [0.4, 0.5) is 0 Å². The lowest BCUT2D eigenvalue weighted by atomic mass is 9.75. The Morgan fingerprint density at radius 2 is 1.75 bits per heavy atom. The molecule has 3 aliphatic rings. The standard InChI is InChI=1S/C13H16Cl2O/c14-13(15)11-7-3-1-2-4-9-12(11,13)10(16)6-5-8-11/h5-6H,1-4,7-9H2/t11-,12+/m0/s1. The van der Waals surface area contributed by atoms with E-state index < -0.39 is 9.75 Å². The van der Waals surface area contributed by atoms with E-state index in [9.17, 15) is 4.79 Å². The van der Waals surface area contributed by atoms with Gasteiger partial charge < -0.3 is 0 Å². The molecule has 0 unspecified atom stereocenters. The quantitative estimate of drug-likeness (QED) is 0.600.